The summed E-state index contributed by atoms with van der Waals surface area (Å²) < 4.78 is 5.01. The lowest BCUT2D eigenvalue weighted by molar-refractivity contribution is 0.461. The molecule has 1 N–H and O–H groups in total. The molecular formula is C19H24BrN7. The van der Waals surface area contributed by atoms with Crippen molar-refractivity contribution >= 4 is 21.9 Å². The number of benzene rings is 1. The first-order valence-electron chi connectivity index (χ1n) is 8.68. The Hall–Kier alpha value is -2.61. The zero-order chi connectivity index (χ0) is 19.2. The molecule has 0 aliphatic rings. The molecule has 0 unspecified atom stereocenters. The summed E-state index contributed by atoms with van der Waals surface area (Å²) in [5, 5.41) is 7.60. The Morgan fingerprint density at radius 1 is 1.30 bits per heavy atom. The number of nitrogens with zero attached hydrogens (tertiary/aromatic N) is 6. The van der Waals surface area contributed by atoms with Crippen LogP contribution in [0, 0.1) is 0 Å². The minimum Gasteiger partial charge on any atom is -0.352 e. The topological polar surface area (TPSA) is 63.3 Å². The average Bonchev–Trinajstić information content (AvgIpc) is 3.25. The maximum atomic E-state index is 4.41. The van der Waals surface area contributed by atoms with Gasteiger partial charge in [0.25, 0.3) is 0 Å². The number of halogens is 1. The maximum absolute atomic E-state index is 4.41. The molecule has 0 radical (unpaired) electrons. The van der Waals surface area contributed by atoms with E-state index in [9.17, 15) is 0 Å². The third-order valence-corrected chi connectivity index (χ3v) is 4.73. The highest BCUT2D eigenvalue weighted by molar-refractivity contribution is 9.10. The minimum atomic E-state index is 0.707. The standard InChI is InChI=1S/C19H24BrN7/c1-21-19(26(3)12-18-8-17(20)11-25(18)2)23-9-15-5-4-6-16(7-15)10-27-14-22-13-24-27/h4-8,11,13-14H,9-10,12H2,1-3H3,(H,21,23). The zero-order valence-corrected chi connectivity index (χ0v) is 17.4. The second kappa shape index (κ2) is 8.85. The van der Waals surface area contributed by atoms with E-state index in [1.807, 2.05) is 18.8 Å². The van der Waals surface area contributed by atoms with Gasteiger partial charge in [0, 0.05) is 44.1 Å². The Labute approximate surface area is 167 Å². The van der Waals surface area contributed by atoms with Crippen LogP contribution < -0.4 is 5.32 Å². The van der Waals surface area contributed by atoms with Crippen LogP contribution in [0.3, 0.4) is 0 Å². The zero-order valence-electron chi connectivity index (χ0n) is 15.8. The quantitative estimate of drug-likeness (QED) is 0.483. The molecule has 7 nitrogen and oxygen atoms in total. The average molecular weight is 430 g/mol. The molecule has 0 aliphatic carbocycles. The molecule has 0 bridgehead atoms. The molecule has 0 spiro atoms. The van der Waals surface area contributed by atoms with E-state index >= 15 is 0 Å². The van der Waals surface area contributed by atoms with Crippen molar-refractivity contribution < 1.29 is 0 Å². The normalized spacial score (nSPS) is 11.6. The highest BCUT2D eigenvalue weighted by atomic mass is 79.9. The van der Waals surface area contributed by atoms with E-state index in [4.69, 9.17) is 0 Å². The smallest absolute Gasteiger partial charge is 0.194 e. The number of hydrogen-bond donors (Lipinski definition) is 1. The van der Waals surface area contributed by atoms with Gasteiger partial charge in [-0.15, -0.1) is 0 Å². The van der Waals surface area contributed by atoms with Crippen LogP contribution in [-0.2, 0) is 26.7 Å². The monoisotopic (exact) mass is 429 g/mol. The van der Waals surface area contributed by atoms with Gasteiger partial charge in [0.1, 0.15) is 12.7 Å². The first-order chi connectivity index (χ1) is 13.0. The largest absolute Gasteiger partial charge is 0.352 e. The van der Waals surface area contributed by atoms with Crippen LogP contribution in [0.5, 0.6) is 0 Å². The molecular weight excluding hydrogens is 406 g/mol. The number of aryl methyl sites for hydroxylation is 1. The molecule has 142 valence electrons. The van der Waals surface area contributed by atoms with Crippen LogP contribution >= 0.6 is 15.9 Å². The fourth-order valence-corrected chi connectivity index (χ4v) is 3.52. The molecule has 0 saturated carbocycles. The summed E-state index contributed by atoms with van der Waals surface area (Å²) in [5.74, 6) is 0.856. The summed E-state index contributed by atoms with van der Waals surface area (Å²) in [6.07, 6.45) is 5.33. The van der Waals surface area contributed by atoms with Crippen LogP contribution in [0.25, 0.3) is 0 Å². The summed E-state index contributed by atoms with van der Waals surface area (Å²) in [6.45, 7) is 2.19. The fraction of sp³-hybridized carbons (Fsp3) is 0.316. The summed E-state index contributed by atoms with van der Waals surface area (Å²) in [7, 11) is 5.89. The van der Waals surface area contributed by atoms with Gasteiger partial charge in [-0.3, -0.25) is 4.99 Å². The van der Waals surface area contributed by atoms with E-state index < -0.39 is 0 Å². The summed E-state index contributed by atoms with van der Waals surface area (Å²) >= 11 is 3.52. The van der Waals surface area contributed by atoms with Gasteiger partial charge in [0.05, 0.1) is 13.1 Å². The van der Waals surface area contributed by atoms with E-state index in [1.54, 1.807) is 19.7 Å². The third-order valence-electron chi connectivity index (χ3n) is 4.30. The fourth-order valence-electron chi connectivity index (χ4n) is 2.95. The molecule has 3 aromatic rings. The predicted octanol–water partition coefficient (Wildman–Crippen LogP) is 2.63. The van der Waals surface area contributed by atoms with E-state index in [1.165, 1.54) is 16.8 Å². The SMILES string of the molecule is CN=C(NCc1cccc(Cn2cncn2)c1)N(C)Cc1cc(Br)cn1C. The second-order valence-electron chi connectivity index (χ2n) is 6.43. The van der Waals surface area contributed by atoms with Gasteiger partial charge in [0.2, 0.25) is 0 Å². The lowest BCUT2D eigenvalue weighted by Gasteiger charge is -2.22. The molecule has 0 fully saturated rings. The molecule has 2 heterocycles. The Morgan fingerprint density at radius 3 is 2.78 bits per heavy atom. The number of aliphatic imine (C=N–C) groups is 1. The van der Waals surface area contributed by atoms with Gasteiger partial charge in [-0.05, 0) is 33.1 Å². The van der Waals surface area contributed by atoms with Gasteiger partial charge in [0.15, 0.2) is 5.96 Å². The number of rotatable bonds is 6. The Balaban J connectivity index is 1.59. The second-order valence-corrected chi connectivity index (χ2v) is 7.35. The number of aromatic nitrogens is 4. The van der Waals surface area contributed by atoms with Crippen molar-refractivity contribution in [3.05, 3.63) is 70.5 Å². The van der Waals surface area contributed by atoms with Crippen LogP contribution in [0.2, 0.25) is 0 Å². The number of guanidine groups is 1. The van der Waals surface area contributed by atoms with Crippen molar-refractivity contribution in [2.24, 2.45) is 12.0 Å². The molecule has 0 saturated heterocycles. The lowest BCUT2D eigenvalue weighted by atomic mass is 10.1. The van der Waals surface area contributed by atoms with Gasteiger partial charge in [-0.25, -0.2) is 9.67 Å². The molecule has 0 atom stereocenters. The van der Waals surface area contributed by atoms with E-state index in [2.05, 4.69) is 82.3 Å². The van der Waals surface area contributed by atoms with Crippen molar-refractivity contribution in [3.63, 3.8) is 0 Å². The van der Waals surface area contributed by atoms with E-state index in [0.717, 1.165) is 17.0 Å². The van der Waals surface area contributed by atoms with Gasteiger partial charge >= 0.3 is 0 Å². The van der Waals surface area contributed by atoms with Crippen LogP contribution in [0.4, 0.5) is 0 Å². The molecule has 8 heteroatoms. The van der Waals surface area contributed by atoms with Crippen molar-refractivity contribution in [2.45, 2.75) is 19.6 Å². The maximum Gasteiger partial charge on any atom is 0.194 e. The highest BCUT2D eigenvalue weighted by Crippen LogP contribution is 2.15. The van der Waals surface area contributed by atoms with Crippen LogP contribution in [-0.4, -0.2) is 44.3 Å². The molecule has 27 heavy (non-hydrogen) atoms. The molecule has 0 aliphatic heterocycles. The van der Waals surface area contributed by atoms with Crippen LogP contribution in [0.15, 0.2) is 58.6 Å². The number of hydrogen-bond acceptors (Lipinski definition) is 3. The minimum absolute atomic E-state index is 0.707. The summed E-state index contributed by atoms with van der Waals surface area (Å²) in [6, 6.07) is 10.6. The first-order valence-corrected chi connectivity index (χ1v) is 9.47. The molecule has 2 aromatic heterocycles. The van der Waals surface area contributed by atoms with E-state index in [-0.39, 0.29) is 0 Å². The Kier molecular flexibility index (Phi) is 6.28. The Bertz CT molecular complexity index is 899. The van der Waals surface area contributed by atoms with Crippen molar-refractivity contribution in [3.8, 4) is 0 Å². The van der Waals surface area contributed by atoms with Gasteiger partial charge < -0.3 is 14.8 Å². The molecule has 3 rings (SSSR count). The van der Waals surface area contributed by atoms with E-state index in [0.29, 0.717) is 13.1 Å². The number of nitrogens with one attached hydrogen (secondary N) is 1. The predicted molar refractivity (Wildman–Crippen MR) is 110 cm³/mol. The van der Waals surface area contributed by atoms with Crippen molar-refractivity contribution in [1.29, 1.82) is 0 Å². The van der Waals surface area contributed by atoms with Crippen molar-refractivity contribution in [1.82, 2.24) is 29.5 Å². The van der Waals surface area contributed by atoms with Crippen molar-refractivity contribution in [2.75, 3.05) is 14.1 Å². The third kappa shape index (κ3) is 5.19. The van der Waals surface area contributed by atoms with Gasteiger partial charge in [-0.1, -0.05) is 24.3 Å². The summed E-state index contributed by atoms with van der Waals surface area (Å²) in [4.78, 5) is 10.5. The lowest BCUT2D eigenvalue weighted by Crippen LogP contribution is -2.38. The highest BCUT2D eigenvalue weighted by Gasteiger charge is 2.10. The van der Waals surface area contributed by atoms with Crippen LogP contribution in [0.1, 0.15) is 16.8 Å². The summed E-state index contributed by atoms with van der Waals surface area (Å²) in [5.41, 5.74) is 3.60. The Morgan fingerprint density at radius 2 is 2.11 bits per heavy atom. The molecule has 0 amide bonds. The van der Waals surface area contributed by atoms with Gasteiger partial charge in [-0.2, -0.15) is 5.10 Å². The first kappa shape index (κ1) is 19.2. The molecule has 1 aromatic carbocycles.